The molecule has 31 heavy (non-hydrogen) atoms. The number of carboxylic acids is 1. The van der Waals surface area contributed by atoms with Crippen molar-refractivity contribution in [2.24, 2.45) is 0 Å². The van der Waals surface area contributed by atoms with E-state index in [1.807, 2.05) is 24.5 Å². The Bertz CT molecular complexity index is 771. The van der Waals surface area contributed by atoms with Crippen molar-refractivity contribution < 1.29 is 9.90 Å². The first-order valence-corrected chi connectivity index (χ1v) is 12.3. The monoisotopic (exact) mass is 424 g/mol. The lowest BCUT2D eigenvalue weighted by atomic mass is 9.97. The molecule has 0 bridgehead atoms. The van der Waals surface area contributed by atoms with Crippen molar-refractivity contribution in [3.8, 4) is 11.3 Å². The first kappa shape index (κ1) is 25.0. The van der Waals surface area contributed by atoms with Gasteiger partial charge >= 0.3 is 5.97 Å². The van der Waals surface area contributed by atoms with Gasteiger partial charge in [0.1, 0.15) is 0 Å². The van der Waals surface area contributed by atoms with Gasteiger partial charge in [0.25, 0.3) is 0 Å². The van der Waals surface area contributed by atoms with Gasteiger partial charge < -0.3 is 5.11 Å². The second kappa shape index (κ2) is 14.7. The van der Waals surface area contributed by atoms with E-state index in [0.717, 1.165) is 54.6 Å². The van der Waals surface area contributed by atoms with Gasteiger partial charge in [-0.2, -0.15) is 0 Å². The molecule has 0 aliphatic heterocycles. The van der Waals surface area contributed by atoms with Crippen molar-refractivity contribution in [1.29, 1.82) is 0 Å². The Morgan fingerprint density at radius 2 is 1.39 bits per heavy atom. The molecule has 2 rings (SSSR count). The van der Waals surface area contributed by atoms with Gasteiger partial charge in [0.2, 0.25) is 0 Å². The fraction of sp³-hybridized carbons (Fsp3) is 0.593. The highest BCUT2D eigenvalue weighted by Crippen LogP contribution is 2.23. The van der Waals surface area contributed by atoms with Crippen LogP contribution in [-0.4, -0.2) is 21.0 Å². The zero-order valence-corrected chi connectivity index (χ0v) is 19.5. The highest BCUT2D eigenvalue weighted by Gasteiger charge is 2.12. The van der Waals surface area contributed by atoms with Crippen molar-refractivity contribution in [1.82, 2.24) is 9.97 Å². The highest BCUT2D eigenvalue weighted by atomic mass is 16.4. The highest BCUT2D eigenvalue weighted by molar-refractivity contribution is 5.90. The summed E-state index contributed by atoms with van der Waals surface area (Å²) in [5.41, 5.74) is 4.11. The average Bonchev–Trinajstić information content (AvgIpc) is 2.78. The molecule has 1 aromatic heterocycles. The molecule has 0 aliphatic carbocycles. The van der Waals surface area contributed by atoms with E-state index in [9.17, 15) is 9.90 Å². The van der Waals surface area contributed by atoms with Gasteiger partial charge in [-0.15, -0.1) is 0 Å². The standard InChI is InChI=1S/C27H40N2O2/c1-3-5-7-9-11-13-15-22-19-23(17-18-25(22)27(30)31)26-21-28-24(20-29-26)16-14-12-10-8-6-4-2/h17-21H,3-16H2,1-2H3,(H,30,31). The molecule has 0 spiro atoms. The van der Waals surface area contributed by atoms with Crippen molar-refractivity contribution in [2.75, 3.05) is 0 Å². The minimum atomic E-state index is -0.854. The Labute approximate surface area is 188 Å². The van der Waals surface area contributed by atoms with E-state index in [-0.39, 0.29) is 0 Å². The average molecular weight is 425 g/mol. The first-order valence-electron chi connectivity index (χ1n) is 12.3. The van der Waals surface area contributed by atoms with E-state index in [1.165, 1.54) is 57.8 Å². The second-order valence-corrected chi connectivity index (χ2v) is 8.61. The SMILES string of the molecule is CCCCCCCCc1cnc(-c2ccc(C(=O)O)c(CCCCCCCC)c2)cn1. The summed E-state index contributed by atoms with van der Waals surface area (Å²) in [7, 11) is 0. The minimum Gasteiger partial charge on any atom is -0.478 e. The molecule has 1 N–H and O–H groups in total. The molecule has 0 unspecified atom stereocenters. The zero-order chi connectivity index (χ0) is 22.3. The molecule has 0 fully saturated rings. The number of unbranched alkanes of at least 4 members (excludes halogenated alkanes) is 10. The maximum absolute atomic E-state index is 11.6. The third kappa shape index (κ3) is 9.20. The summed E-state index contributed by atoms with van der Waals surface area (Å²) < 4.78 is 0. The molecule has 0 atom stereocenters. The van der Waals surface area contributed by atoms with E-state index in [4.69, 9.17) is 0 Å². The smallest absolute Gasteiger partial charge is 0.335 e. The number of aryl methyl sites for hydroxylation is 2. The van der Waals surface area contributed by atoms with Gasteiger partial charge in [-0.05, 0) is 43.4 Å². The van der Waals surface area contributed by atoms with Gasteiger partial charge in [-0.25, -0.2) is 4.79 Å². The zero-order valence-electron chi connectivity index (χ0n) is 19.5. The normalized spacial score (nSPS) is 11.0. The van der Waals surface area contributed by atoms with Crippen molar-refractivity contribution in [3.05, 3.63) is 47.4 Å². The van der Waals surface area contributed by atoms with Crippen LogP contribution < -0.4 is 0 Å². The van der Waals surface area contributed by atoms with Gasteiger partial charge in [0, 0.05) is 11.8 Å². The van der Waals surface area contributed by atoms with E-state index >= 15 is 0 Å². The largest absolute Gasteiger partial charge is 0.478 e. The van der Waals surface area contributed by atoms with Crippen LogP contribution in [0.3, 0.4) is 0 Å². The molecule has 0 amide bonds. The molecule has 0 saturated carbocycles. The number of carbonyl (C=O) groups is 1. The van der Waals surface area contributed by atoms with Crippen LogP contribution >= 0.6 is 0 Å². The summed E-state index contributed by atoms with van der Waals surface area (Å²) in [4.78, 5) is 20.9. The number of nitrogens with zero attached hydrogens (tertiary/aromatic N) is 2. The predicted molar refractivity (Wildman–Crippen MR) is 129 cm³/mol. The number of carboxylic acid groups (broad SMARTS) is 1. The fourth-order valence-electron chi connectivity index (χ4n) is 3.98. The fourth-order valence-corrected chi connectivity index (χ4v) is 3.98. The van der Waals surface area contributed by atoms with Crippen LogP contribution in [0.2, 0.25) is 0 Å². The Hall–Kier alpha value is -2.23. The van der Waals surface area contributed by atoms with Crippen LogP contribution in [0.1, 0.15) is 113 Å². The quantitative estimate of drug-likeness (QED) is 0.281. The molecule has 0 saturated heterocycles. The van der Waals surface area contributed by atoms with Gasteiger partial charge in [0.15, 0.2) is 0 Å². The van der Waals surface area contributed by atoms with E-state index in [1.54, 1.807) is 6.07 Å². The van der Waals surface area contributed by atoms with Gasteiger partial charge in [0.05, 0.1) is 23.1 Å². The molecule has 0 radical (unpaired) electrons. The van der Waals surface area contributed by atoms with Gasteiger partial charge in [-0.1, -0.05) is 84.1 Å². The van der Waals surface area contributed by atoms with E-state index in [2.05, 4.69) is 23.8 Å². The minimum absolute atomic E-state index is 0.407. The van der Waals surface area contributed by atoms with Crippen molar-refractivity contribution in [3.63, 3.8) is 0 Å². The van der Waals surface area contributed by atoms with Gasteiger partial charge in [-0.3, -0.25) is 9.97 Å². The Kier molecular flexibility index (Phi) is 11.9. The third-order valence-electron chi connectivity index (χ3n) is 5.92. The molecule has 4 heteroatoms. The van der Waals surface area contributed by atoms with Crippen LogP contribution in [0, 0.1) is 0 Å². The maximum atomic E-state index is 11.6. The maximum Gasteiger partial charge on any atom is 0.335 e. The third-order valence-corrected chi connectivity index (χ3v) is 5.92. The van der Waals surface area contributed by atoms with Crippen molar-refractivity contribution in [2.45, 2.75) is 104 Å². The van der Waals surface area contributed by atoms with Crippen LogP contribution in [0.25, 0.3) is 11.3 Å². The lowest BCUT2D eigenvalue weighted by Gasteiger charge is -2.10. The number of hydrogen-bond donors (Lipinski definition) is 1. The summed E-state index contributed by atoms with van der Waals surface area (Å²) in [5, 5.41) is 9.56. The summed E-state index contributed by atoms with van der Waals surface area (Å²) >= 11 is 0. The Morgan fingerprint density at radius 1 is 0.774 bits per heavy atom. The van der Waals surface area contributed by atoms with E-state index < -0.39 is 5.97 Å². The van der Waals surface area contributed by atoms with Crippen LogP contribution in [0.15, 0.2) is 30.6 Å². The number of aromatic carboxylic acids is 1. The molecule has 2 aromatic rings. The lowest BCUT2D eigenvalue weighted by Crippen LogP contribution is -2.03. The molecule has 170 valence electrons. The molecule has 1 heterocycles. The first-order chi connectivity index (χ1) is 15.2. The Morgan fingerprint density at radius 3 is 1.97 bits per heavy atom. The molecular weight excluding hydrogens is 384 g/mol. The number of aromatic nitrogens is 2. The Balaban J connectivity index is 1.94. The number of benzene rings is 1. The molecular formula is C27H40N2O2. The van der Waals surface area contributed by atoms with Crippen LogP contribution in [0.4, 0.5) is 0 Å². The molecule has 0 aliphatic rings. The summed E-state index contributed by atoms with van der Waals surface area (Å²) in [6.45, 7) is 4.46. The predicted octanol–water partition coefficient (Wildman–Crippen LogP) is 7.65. The number of hydrogen-bond acceptors (Lipinski definition) is 3. The van der Waals surface area contributed by atoms with Crippen LogP contribution in [-0.2, 0) is 12.8 Å². The molecule has 4 nitrogen and oxygen atoms in total. The van der Waals surface area contributed by atoms with Crippen LogP contribution in [0.5, 0.6) is 0 Å². The number of rotatable bonds is 16. The second-order valence-electron chi connectivity index (χ2n) is 8.61. The topological polar surface area (TPSA) is 63.1 Å². The van der Waals surface area contributed by atoms with Crippen molar-refractivity contribution >= 4 is 5.97 Å². The lowest BCUT2D eigenvalue weighted by molar-refractivity contribution is 0.0695. The summed E-state index contributed by atoms with van der Waals surface area (Å²) in [5.74, 6) is -0.854. The summed E-state index contributed by atoms with van der Waals surface area (Å²) in [6.07, 6.45) is 20.3. The molecule has 1 aromatic carbocycles. The summed E-state index contributed by atoms with van der Waals surface area (Å²) in [6, 6.07) is 5.56. The van der Waals surface area contributed by atoms with E-state index in [0.29, 0.717) is 5.56 Å².